The Hall–Kier alpha value is -6.16. The summed E-state index contributed by atoms with van der Waals surface area (Å²) in [6.45, 7) is 8.21. The summed E-state index contributed by atoms with van der Waals surface area (Å²) >= 11 is 7.95. The molecule has 0 aliphatic carbocycles. The number of halogens is 2. The Labute approximate surface area is 346 Å². The number of nitrogens with zero attached hydrogens (tertiary/aromatic N) is 3. The lowest BCUT2D eigenvalue weighted by Gasteiger charge is -2.08. The number of rotatable bonds is 5. The Morgan fingerprint density at radius 2 is 0.772 bits per heavy atom. The molecule has 9 heteroatoms. The zero-order valence-electron chi connectivity index (χ0n) is 31.5. The second-order valence-corrected chi connectivity index (χ2v) is 16.2. The van der Waals surface area contributed by atoms with Crippen molar-refractivity contribution < 1.29 is 4.92 Å². The minimum Gasteiger partial charge on any atom is -0.354 e. The molecule has 0 saturated carbocycles. The molecule has 0 amide bonds. The molecule has 0 unspecified atom stereocenters. The third-order valence-electron chi connectivity index (χ3n) is 10.6. The Kier molecular flexibility index (Phi) is 9.22. The van der Waals surface area contributed by atoms with E-state index < -0.39 is 0 Å². The first-order chi connectivity index (χ1) is 27.5. The van der Waals surface area contributed by atoms with E-state index in [1.54, 1.807) is 6.08 Å². The summed E-state index contributed by atoms with van der Waals surface area (Å²) in [7, 11) is 0. The molecule has 0 atom stereocenters. The van der Waals surface area contributed by atoms with Crippen LogP contribution >= 0.6 is 31.9 Å². The van der Waals surface area contributed by atoms with Gasteiger partial charge in [0.25, 0.3) is 5.70 Å². The van der Waals surface area contributed by atoms with Crippen molar-refractivity contribution in [2.75, 3.05) is 0 Å². The molecule has 7 nitrogen and oxygen atoms in total. The van der Waals surface area contributed by atoms with Crippen LogP contribution in [0.1, 0.15) is 45.0 Å². The maximum absolute atomic E-state index is 13.1. The van der Waals surface area contributed by atoms with Crippen molar-refractivity contribution in [3.05, 3.63) is 176 Å². The van der Waals surface area contributed by atoms with Gasteiger partial charge in [0.2, 0.25) is 0 Å². The Morgan fingerprint density at radius 1 is 0.456 bits per heavy atom. The molecule has 5 heterocycles. The molecule has 8 bridgehead atoms. The predicted octanol–water partition coefficient (Wildman–Crippen LogP) is 13.6. The Balaban J connectivity index is 1.54. The standard InChI is InChI=1S/C48H35Br2N5O2/c1-26-5-13-30(14-6-26)40-34-21-22-36(51-34)42(32-17-9-28(3)10-18-32)47-44(49)45(50)48(54-47)43(33-19-11-29(4)12-20-33)37-24-23-35(52-37)41(31-15-7-27(2)8-16-31)46-39(55(56)57)25-38(40)53-46/h5-25,51-52H,1-4H3. The van der Waals surface area contributed by atoms with Crippen LogP contribution in [0.5, 0.6) is 0 Å². The maximum atomic E-state index is 13.1. The van der Waals surface area contributed by atoms with Crippen molar-refractivity contribution in [2.24, 2.45) is 0 Å². The van der Waals surface area contributed by atoms with Gasteiger partial charge in [0.15, 0.2) is 5.69 Å². The maximum Gasteiger partial charge on any atom is 0.297 e. The fourth-order valence-corrected chi connectivity index (χ4v) is 8.51. The fraction of sp³-hybridized carbons (Fsp3) is 0.0833. The predicted molar refractivity (Wildman–Crippen MR) is 241 cm³/mol. The molecular formula is C48H35Br2N5O2. The van der Waals surface area contributed by atoms with Gasteiger partial charge in [-0.05, 0) is 106 Å². The number of aromatic nitrogens is 4. The first kappa shape index (κ1) is 36.5. The summed E-state index contributed by atoms with van der Waals surface area (Å²) in [6, 6.07) is 41.1. The van der Waals surface area contributed by atoms with E-state index in [1.165, 1.54) is 0 Å². The van der Waals surface area contributed by atoms with Crippen molar-refractivity contribution in [3.8, 4) is 44.5 Å². The van der Waals surface area contributed by atoms with E-state index in [0.717, 1.165) is 98.1 Å². The molecule has 0 radical (unpaired) electrons. The average molecular weight is 874 g/mol. The topological polar surface area (TPSA) is 100 Å². The van der Waals surface area contributed by atoms with Gasteiger partial charge in [-0.15, -0.1) is 0 Å². The number of aryl methyl sites for hydroxylation is 4. The fourth-order valence-electron chi connectivity index (χ4n) is 7.56. The van der Waals surface area contributed by atoms with E-state index in [4.69, 9.17) is 9.97 Å². The van der Waals surface area contributed by atoms with Gasteiger partial charge >= 0.3 is 0 Å². The summed E-state index contributed by atoms with van der Waals surface area (Å²) in [5, 5.41) is 13.1. The molecule has 278 valence electrons. The molecule has 57 heavy (non-hydrogen) atoms. The van der Waals surface area contributed by atoms with Crippen LogP contribution in [0.3, 0.4) is 0 Å². The number of hydrogen-bond acceptors (Lipinski definition) is 4. The third kappa shape index (κ3) is 6.56. The second-order valence-electron chi connectivity index (χ2n) is 14.6. The van der Waals surface area contributed by atoms with Crippen LogP contribution in [0.15, 0.2) is 121 Å². The van der Waals surface area contributed by atoms with Crippen molar-refractivity contribution >= 4 is 74.7 Å². The minimum atomic E-state index is -0.332. The minimum absolute atomic E-state index is 0.0827. The average Bonchev–Trinajstić information content (AvgIpc) is 4.02. The summed E-state index contributed by atoms with van der Waals surface area (Å²) in [4.78, 5) is 30.9. The summed E-state index contributed by atoms with van der Waals surface area (Å²) in [5.41, 5.74) is 16.4. The van der Waals surface area contributed by atoms with Gasteiger partial charge in [-0.25, -0.2) is 9.97 Å². The smallest absolute Gasteiger partial charge is 0.297 e. The number of H-pyrrole nitrogens is 2. The molecule has 0 spiro atoms. The molecular weight excluding hydrogens is 838 g/mol. The Bertz CT molecular complexity index is 3010. The first-order valence-electron chi connectivity index (χ1n) is 18.5. The molecule has 0 fully saturated rings. The Morgan fingerprint density at radius 3 is 1.12 bits per heavy atom. The lowest BCUT2D eigenvalue weighted by Crippen LogP contribution is -1.98. The highest BCUT2D eigenvalue weighted by atomic mass is 79.9. The summed E-state index contributed by atoms with van der Waals surface area (Å²) in [6.07, 6.45) is 1.61. The molecule has 3 aromatic heterocycles. The number of fused-ring (bicyclic) bond motifs is 8. The van der Waals surface area contributed by atoms with Crippen LogP contribution in [0.25, 0.3) is 87.3 Å². The van der Waals surface area contributed by atoms with Gasteiger partial charge in [0, 0.05) is 50.4 Å². The van der Waals surface area contributed by atoms with Crippen LogP contribution in [-0.2, 0) is 0 Å². The number of hydrogen-bond donors (Lipinski definition) is 2. The van der Waals surface area contributed by atoms with Crippen LogP contribution in [0.2, 0.25) is 0 Å². The lowest BCUT2D eigenvalue weighted by molar-refractivity contribution is -0.374. The molecule has 9 rings (SSSR count). The van der Waals surface area contributed by atoms with E-state index in [0.29, 0.717) is 16.8 Å². The highest BCUT2D eigenvalue weighted by Crippen LogP contribution is 2.47. The van der Waals surface area contributed by atoms with Gasteiger partial charge in [-0.1, -0.05) is 119 Å². The molecule has 4 aromatic carbocycles. The normalized spacial score (nSPS) is 12.6. The van der Waals surface area contributed by atoms with Crippen molar-refractivity contribution in [2.45, 2.75) is 27.7 Å². The molecule has 2 N–H and O–H groups in total. The largest absolute Gasteiger partial charge is 0.354 e. The quantitative estimate of drug-likeness (QED) is 0.133. The zero-order valence-corrected chi connectivity index (χ0v) is 34.7. The van der Waals surface area contributed by atoms with Gasteiger partial charge in [-0.2, -0.15) is 0 Å². The van der Waals surface area contributed by atoms with E-state index in [-0.39, 0.29) is 16.3 Å². The summed E-state index contributed by atoms with van der Waals surface area (Å²) in [5.74, 6) is 0. The van der Waals surface area contributed by atoms with Gasteiger partial charge in [-0.3, -0.25) is 10.1 Å². The number of benzene rings is 4. The van der Waals surface area contributed by atoms with Crippen molar-refractivity contribution in [1.29, 1.82) is 0 Å². The summed E-state index contributed by atoms with van der Waals surface area (Å²) < 4.78 is 1.62. The first-order valence-corrected chi connectivity index (χ1v) is 20.1. The molecule has 2 aliphatic rings. The highest BCUT2D eigenvalue weighted by molar-refractivity contribution is 9.18. The SMILES string of the molecule is Cc1ccc(-c2c3nc(c(-c4ccc(C)cc4)c4ccc([nH]4)c(-c4ccc(C)cc4)c4nc(c(-c5ccc(C)cc5)c5ccc2[nH]5)C(Br)=C4Br)C([N+](=O)[O-])=C3)cc1. The zero-order chi connectivity index (χ0) is 39.5. The van der Waals surface area contributed by atoms with E-state index in [2.05, 4.69) is 110 Å². The van der Waals surface area contributed by atoms with Crippen molar-refractivity contribution in [3.63, 3.8) is 0 Å². The van der Waals surface area contributed by atoms with Crippen LogP contribution in [-0.4, -0.2) is 24.9 Å². The van der Waals surface area contributed by atoms with Crippen molar-refractivity contribution in [1.82, 2.24) is 19.9 Å². The van der Waals surface area contributed by atoms with Gasteiger partial charge in [0.05, 0.1) is 31.0 Å². The molecule has 0 saturated heterocycles. The number of aromatic amines is 2. The molecule has 7 aromatic rings. The van der Waals surface area contributed by atoms with E-state index in [9.17, 15) is 10.1 Å². The van der Waals surface area contributed by atoms with E-state index >= 15 is 0 Å². The van der Waals surface area contributed by atoms with Crippen LogP contribution < -0.4 is 0 Å². The second kappa shape index (κ2) is 14.4. The highest BCUT2D eigenvalue weighted by Gasteiger charge is 2.30. The monoisotopic (exact) mass is 871 g/mol. The number of nitrogens with one attached hydrogen (secondary N) is 2. The van der Waals surface area contributed by atoms with Gasteiger partial charge in [0.1, 0.15) is 0 Å². The molecule has 2 aliphatic heterocycles. The lowest BCUT2D eigenvalue weighted by atomic mass is 10.0. The van der Waals surface area contributed by atoms with Crippen LogP contribution in [0.4, 0.5) is 0 Å². The van der Waals surface area contributed by atoms with Crippen LogP contribution in [0, 0.1) is 37.8 Å². The van der Waals surface area contributed by atoms with E-state index in [1.807, 2.05) is 80.6 Å². The number of nitro groups is 1. The van der Waals surface area contributed by atoms with Gasteiger partial charge < -0.3 is 9.97 Å². The third-order valence-corrected chi connectivity index (χ3v) is 12.6.